The summed E-state index contributed by atoms with van der Waals surface area (Å²) in [5.41, 5.74) is 10.8. The Bertz CT molecular complexity index is 107. The largest absolute Gasteiger partial charge is 0.330 e. The third kappa shape index (κ3) is 7.30. The Kier molecular flexibility index (Phi) is 9.35. The second-order valence-electron chi connectivity index (χ2n) is 3.97. The molecule has 3 heteroatoms. The fourth-order valence-electron chi connectivity index (χ4n) is 1.49. The van der Waals surface area contributed by atoms with Gasteiger partial charge in [-0.05, 0) is 51.9 Å². The Hall–Kier alpha value is -0.120. The monoisotopic (exact) mass is 201 g/mol. The van der Waals surface area contributed by atoms with Gasteiger partial charge < -0.3 is 16.4 Å². The van der Waals surface area contributed by atoms with Crippen molar-refractivity contribution in [1.82, 2.24) is 4.90 Å². The predicted octanol–water partition coefficient (Wildman–Crippen LogP) is 1.17. The minimum absolute atomic E-state index is 0.480. The van der Waals surface area contributed by atoms with Gasteiger partial charge in [0.15, 0.2) is 0 Å². The molecular formula is C11H27N3. The molecule has 1 fully saturated rings. The first-order valence-corrected chi connectivity index (χ1v) is 5.92. The highest BCUT2D eigenvalue weighted by Crippen LogP contribution is 2.07. The van der Waals surface area contributed by atoms with Crippen LogP contribution < -0.4 is 11.5 Å². The van der Waals surface area contributed by atoms with Crippen LogP contribution in [0.3, 0.4) is 0 Å². The lowest BCUT2D eigenvalue weighted by atomic mass is 10.1. The minimum atomic E-state index is 0.480. The molecule has 86 valence electrons. The van der Waals surface area contributed by atoms with Crippen molar-refractivity contribution in [3.05, 3.63) is 0 Å². The van der Waals surface area contributed by atoms with Crippen molar-refractivity contribution >= 4 is 0 Å². The molecule has 1 saturated heterocycles. The molecule has 1 aliphatic heterocycles. The first kappa shape index (κ1) is 13.9. The topological polar surface area (TPSA) is 55.3 Å². The van der Waals surface area contributed by atoms with Crippen molar-refractivity contribution in [2.75, 3.05) is 26.2 Å². The van der Waals surface area contributed by atoms with Crippen LogP contribution in [0, 0.1) is 0 Å². The second-order valence-corrected chi connectivity index (χ2v) is 3.97. The fourth-order valence-corrected chi connectivity index (χ4v) is 1.49. The lowest BCUT2D eigenvalue weighted by molar-refractivity contribution is 0.214. The van der Waals surface area contributed by atoms with Gasteiger partial charge in [-0.2, -0.15) is 0 Å². The third-order valence-electron chi connectivity index (χ3n) is 2.46. The van der Waals surface area contributed by atoms with Gasteiger partial charge in [0.1, 0.15) is 0 Å². The van der Waals surface area contributed by atoms with Crippen LogP contribution in [-0.4, -0.2) is 37.1 Å². The molecule has 0 amide bonds. The Balaban J connectivity index is 0.000000364. The maximum absolute atomic E-state index is 5.77. The van der Waals surface area contributed by atoms with Gasteiger partial charge >= 0.3 is 0 Å². The van der Waals surface area contributed by atoms with E-state index in [0.717, 1.165) is 13.0 Å². The number of piperidine rings is 1. The van der Waals surface area contributed by atoms with E-state index in [0.29, 0.717) is 6.04 Å². The second kappa shape index (κ2) is 9.44. The number of likely N-dealkylation sites (tertiary alicyclic amines) is 1. The molecule has 0 aromatic carbocycles. The zero-order valence-electron chi connectivity index (χ0n) is 9.84. The summed E-state index contributed by atoms with van der Waals surface area (Å²) < 4.78 is 0. The van der Waals surface area contributed by atoms with Crippen LogP contribution >= 0.6 is 0 Å². The van der Waals surface area contributed by atoms with Crippen LogP contribution in [0.25, 0.3) is 0 Å². The van der Waals surface area contributed by atoms with E-state index < -0.39 is 0 Å². The third-order valence-corrected chi connectivity index (χ3v) is 2.46. The molecule has 0 aromatic rings. The normalized spacial score (nSPS) is 18.9. The highest BCUT2D eigenvalue weighted by Gasteiger charge is 2.14. The smallest absolute Gasteiger partial charge is 0.00631 e. The van der Waals surface area contributed by atoms with Crippen LogP contribution in [0.5, 0.6) is 0 Å². The van der Waals surface area contributed by atoms with Gasteiger partial charge in [0.05, 0.1) is 0 Å². The molecule has 0 unspecified atom stereocenters. The van der Waals surface area contributed by atoms with Gasteiger partial charge in [-0.3, -0.25) is 0 Å². The lowest BCUT2D eigenvalue weighted by Gasteiger charge is -2.29. The van der Waals surface area contributed by atoms with Crippen molar-refractivity contribution in [2.24, 2.45) is 11.5 Å². The zero-order chi connectivity index (χ0) is 10.8. The van der Waals surface area contributed by atoms with Crippen molar-refractivity contribution < 1.29 is 0 Å². The lowest BCUT2D eigenvalue weighted by Crippen LogP contribution is -2.39. The molecular weight excluding hydrogens is 174 g/mol. The van der Waals surface area contributed by atoms with E-state index in [-0.39, 0.29) is 0 Å². The standard InChI is InChI=1S/C8H18N2.C3H9N/c1-2-5-10-6-3-8(9)4-7-10;1-2-3-4/h8H,2-7,9H2,1H3;2-4H2,1H3. The maximum Gasteiger partial charge on any atom is 0.00631 e. The highest BCUT2D eigenvalue weighted by molar-refractivity contribution is 4.73. The Morgan fingerprint density at radius 1 is 1.14 bits per heavy atom. The van der Waals surface area contributed by atoms with Gasteiger partial charge in [0.25, 0.3) is 0 Å². The molecule has 0 aromatic heterocycles. The fraction of sp³-hybridized carbons (Fsp3) is 1.00. The van der Waals surface area contributed by atoms with Crippen LogP contribution in [-0.2, 0) is 0 Å². The first-order chi connectivity index (χ1) is 6.74. The Labute approximate surface area is 88.8 Å². The molecule has 0 saturated carbocycles. The summed E-state index contributed by atoms with van der Waals surface area (Å²) in [4.78, 5) is 2.50. The van der Waals surface area contributed by atoms with E-state index in [1.165, 1.54) is 38.9 Å². The van der Waals surface area contributed by atoms with E-state index >= 15 is 0 Å². The van der Waals surface area contributed by atoms with Crippen molar-refractivity contribution in [2.45, 2.75) is 45.6 Å². The summed E-state index contributed by atoms with van der Waals surface area (Å²) in [6.07, 6.45) is 4.76. The van der Waals surface area contributed by atoms with E-state index in [1.807, 2.05) is 0 Å². The molecule has 0 bridgehead atoms. The van der Waals surface area contributed by atoms with Gasteiger partial charge in [-0.15, -0.1) is 0 Å². The molecule has 0 radical (unpaired) electrons. The molecule has 1 rings (SSSR count). The predicted molar refractivity (Wildman–Crippen MR) is 63.3 cm³/mol. The van der Waals surface area contributed by atoms with Crippen molar-refractivity contribution in [1.29, 1.82) is 0 Å². The minimum Gasteiger partial charge on any atom is -0.330 e. The summed E-state index contributed by atoms with van der Waals surface area (Å²) in [7, 11) is 0. The van der Waals surface area contributed by atoms with E-state index in [9.17, 15) is 0 Å². The van der Waals surface area contributed by atoms with E-state index in [4.69, 9.17) is 11.5 Å². The van der Waals surface area contributed by atoms with Crippen LogP contribution in [0.15, 0.2) is 0 Å². The average Bonchev–Trinajstić information content (AvgIpc) is 2.22. The molecule has 3 nitrogen and oxygen atoms in total. The summed E-state index contributed by atoms with van der Waals surface area (Å²) in [6.45, 7) is 8.80. The molecule has 1 heterocycles. The molecule has 0 spiro atoms. The molecule has 0 aliphatic carbocycles. The van der Waals surface area contributed by atoms with Crippen LogP contribution in [0.2, 0.25) is 0 Å². The summed E-state index contributed by atoms with van der Waals surface area (Å²) in [5.74, 6) is 0. The van der Waals surface area contributed by atoms with E-state index in [1.54, 1.807) is 0 Å². The molecule has 14 heavy (non-hydrogen) atoms. The van der Waals surface area contributed by atoms with Gasteiger partial charge in [0.2, 0.25) is 0 Å². The maximum atomic E-state index is 5.77. The molecule has 1 aliphatic rings. The van der Waals surface area contributed by atoms with Gasteiger partial charge in [0, 0.05) is 6.04 Å². The first-order valence-electron chi connectivity index (χ1n) is 5.92. The number of nitrogens with zero attached hydrogens (tertiary/aromatic N) is 1. The number of hydrogen-bond acceptors (Lipinski definition) is 3. The number of hydrogen-bond donors (Lipinski definition) is 2. The molecule has 0 atom stereocenters. The number of rotatable bonds is 3. The quantitative estimate of drug-likeness (QED) is 0.721. The zero-order valence-corrected chi connectivity index (χ0v) is 9.84. The summed E-state index contributed by atoms with van der Waals surface area (Å²) in [6, 6.07) is 0.480. The Morgan fingerprint density at radius 2 is 1.64 bits per heavy atom. The SMILES string of the molecule is CCCN.CCCN1CCC(N)CC1. The number of nitrogens with two attached hydrogens (primary N) is 2. The van der Waals surface area contributed by atoms with Crippen molar-refractivity contribution in [3.8, 4) is 0 Å². The van der Waals surface area contributed by atoms with Gasteiger partial charge in [-0.25, -0.2) is 0 Å². The Morgan fingerprint density at radius 3 is 2.00 bits per heavy atom. The van der Waals surface area contributed by atoms with Crippen molar-refractivity contribution in [3.63, 3.8) is 0 Å². The molecule has 4 N–H and O–H groups in total. The summed E-state index contributed by atoms with van der Waals surface area (Å²) >= 11 is 0. The van der Waals surface area contributed by atoms with E-state index in [2.05, 4.69) is 18.7 Å². The van der Waals surface area contributed by atoms with Crippen LogP contribution in [0.4, 0.5) is 0 Å². The summed E-state index contributed by atoms with van der Waals surface area (Å²) in [5, 5.41) is 0. The van der Waals surface area contributed by atoms with Gasteiger partial charge in [-0.1, -0.05) is 13.8 Å². The average molecular weight is 201 g/mol. The van der Waals surface area contributed by atoms with Crippen LogP contribution in [0.1, 0.15) is 39.5 Å². The highest BCUT2D eigenvalue weighted by atomic mass is 15.1.